The van der Waals surface area contributed by atoms with Crippen molar-refractivity contribution in [1.82, 2.24) is 10.3 Å². The first-order valence-corrected chi connectivity index (χ1v) is 8.54. The predicted octanol–water partition coefficient (Wildman–Crippen LogP) is 3.76. The lowest BCUT2D eigenvalue weighted by atomic mass is 10.0. The molecule has 1 N–H and O–H groups in total. The van der Waals surface area contributed by atoms with Crippen LogP contribution < -0.4 is 10.2 Å². The second kappa shape index (κ2) is 6.16. The summed E-state index contributed by atoms with van der Waals surface area (Å²) in [6.45, 7) is 8.55. The Kier molecular flexibility index (Phi) is 4.27. The number of pyridine rings is 1. The maximum atomic E-state index is 4.48. The van der Waals surface area contributed by atoms with E-state index in [-0.39, 0.29) is 0 Å². The number of hydrogen-bond donors (Lipinski definition) is 1. The molecule has 0 bridgehead atoms. The molecule has 0 amide bonds. The van der Waals surface area contributed by atoms with E-state index in [1.165, 1.54) is 11.3 Å². The van der Waals surface area contributed by atoms with Gasteiger partial charge in [0.2, 0.25) is 0 Å². The van der Waals surface area contributed by atoms with Gasteiger partial charge >= 0.3 is 0 Å². The molecule has 0 saturated heterocycles. The molecule has 0 fully saturated rings. The Hall–Kier alpha value is -1.39. The summed E-state index contributed by atoms with van der Waals surface area (Å²) in [4.78, 5) is 8.52. The zero-order valence-electron chi connectivity index (χ0n) is 13.0. The first-order chi connectivity index (χ1) is 10.1. The number of thiophene rings is 1. The molecular formula is C17H23N3S. The molecule has 3 nitrogen and oxygen atoms in total. The van der Waals surface area contributed by atoms with E-state index in [1.54, 1.807) is 4.88 Å². The minimum atomic E-state index is 0.452. The molecule has 2 aromatic rings. The van der Waals surface area contributed by atoms with Gasteiger partial charge in [0.1, 0.15) is 0 Å². The summed E-state index contributed by atoms with van der Waals surface area (Å²) in [7, 11) is 0. The molecule has 3 rings (SSSR count). The van der Waals surface area contributed by atoms with Crippen molar-refractivity contribution < 1.29 is 0 Å². The van der Waals surface area contributed by atoms with Crippen LogP contribution in [-0.4, -0.2) is 17.6 Å². The highest BCUT2D eigenvalue weighted by Crippen LogP contribution is 2.35. The monoisotopic (exact) mass is 301 g/mol. The van der Waals surface area contributed by atoms with Crippen LogP contribution in [0.4, 0.5) is 5.69 Å². The van der Waals surface area contributed by atoms with Crippen molar-refractivity contribution in [3.8, 4) is 0 Å². The van der Waals surface area contributed by atoms with Gasteiger partial charge in [0, 0.05) is 35.9 Å². The van der Waals surface area contributed by atoms with Gasteiger partial charge in [-0.2, -0.15) is 0 Å². The van der Waals surface area contributed by atoms with Gasteiger partial charge in [-0.3, -0.25) is 4.98 Å². The van der Waals surface area contributed by atoms with Crippen LogP contribution in [-0.2, 0) is 13.0 Å². The highest BCUT2D eigenvalue weighted by Gasteiger charge is 2.24. The van der Waals surface area contributed by atoms with Gasteiger partial charge in [0.15, 0.2) is 0 Å². The average molecular weight is 301 g/mol. The number of anilines is 1. The van der Waals surface area contributed by atoms with Crippen LogP contribution in [0.15, 0.2) is 29.8 Å². The Labute approximate surface area is 131 Å². The molecule has 112 valence electrons. The van der Waals surface area contributed by atoms with E-state index in [4.69, 9.17) is 0 Å². The molecule has 0 radical (unpaired) electrons. The van der Waals surface area contributed by atoms with E-state index in [9.17, 15) is 0 Å². The minimum absolute atomic E-state index is 0.452. The average Bonchev–Trinajstić information content (AvgIpc) is 2.95. The zero-order valence-corrected chi connectivity index (χ0v) is 13.8. The second-order valence-electron chi connectivity index (χ2n) is 5.96. The van der Waals surface area contributed by atoms with Crippen LogP contribution in [0.25, 0.3) is 0 Å². The molecule has 1 unspecified atom stereocenters. The zero-order chi connectivity index (χ0) is 14.8. The molecule has 3 heterocycles. The normalized spacial score (nSPS) is 18.1. The summed E-state index contributed by atoms with van der Waals surface area (Å²) >= 11 is 1.89. The summed E-state index contributed by atoms with van der Waals surface area (Å²) in [6, 6.07) is 7.57. The minimum Gasteiger partial charge on any atom is -0.364 e. The van der Waals surface area contributed by atoms with Crippen LogP contribution in [0, 0.1) is 0 Å². The maximum Gasteiger partial charge on any atom is 0.0562 e. The van der Waals surface area contributed by atoms with Crippen molar-refractivity contribution in [3.63, 3.8) is 0 Å². The molecule has 21 heavy (non-hydrogen) atoms. The second-order valence-corrected chi connectivity index (χ2v) is 6.96. The van der Waals surface area contributed by atoms with Gasteiger partial charge in [-0.25, -0.2) is 0 Å². The molecule has 0 spiro atoms. The van der Waals surface area contributed by atoms with Crippen LogP contribution in [0.1, 0.15) is 42.9 Å². The Bertz CT molecular complexity index is 606. The number of fused-ring (bicyclic) bond motifs is 1. The summed E-state index contributed by atoms with van der Waals surface area (Å²) in [6.07, 6.45) is 3.09. The summed E-state index contributed by atoms with van der Waals surface area (Å²) < 4.78 is 0. The van der Waals surface area contributed by atoms with Crippen molar-refractivity contribution in [2.45, 2.75) is 45.8 Å². The van der Waals surface area contributed by atoms with E-state index >= 15 is 0 Å². The highest BCUT2D eigenvalue weighted by molar-refractivity contribution is 7.10. The van der Waals surface area contributed by atoms with E-state index in [2.05, 4.69) is 59.6 Å². The van der Waals surface area contributed by atoms with Crippen LogP contribution in [0.5, 0.6) is 0 Å². The van der Waals surface area contributed by atoms with Crippen LogP contribution in [0.3, 0.4) is 0 Å². The van der Waals surface area contributed by atoms with E-state index in [0.29, 0.717) is 12.1 Å². The fourth-order valence-corrected chi connectivity index (χ4v) is 3.87. The van der Waals surface area contributed by atoms with Gasteiger partial charge in [0.25, 0.3) is 0 Å². The van der Waals surface area contributed by atoms with Gasteiger partial charge < -0.3 is 10.2 Å². The molecule has 1 aliphatic heterocycles. The summed E-state index contributed by atoms with van der Waals surface area (Å²) in [5.41, 5.74) is 3.89. The lowest BCUT2D eigenvalue weighted by Crippen LogP contribution is -2.33. The van der Waals surface area contributed by atoms with Crippen LogP contribution >= 0.6 is 11.3 Å². The third-order valence-electron chi connectivity index (χ3n) is 4.10. The van der Waals surface area contributed by atoms with Crippen molar-refractivity contribution in [1.29, 1.82) is 0 Å². The first-order valence-electron chi connectivity index (χ1n) is 7.66. The molecular weight excluding hydrogens is 278 g/mol. The number of aromatic nitrogens is 1. The lowest BCUT2D eigenvalue weighted by molar-refractivity contribution is 0.580. The van der Waals surface area contributed by atoms with Crippen LogP contribution in [0.2, 0.25) is 0 Å². The molecule has 0 saturated carbocycles. The number of hydrogen-bond acceptors (Lipinski definition) is 4. The Morgan fingerprint density at radius 1 is 1.43 bits per heavy atom. The summed E-state index contributed by atoms with van der Waals surface area (Å²) in [5.74, 6) is 0. The number of nitrogens with one attached hydrogen (secondary N) is 1. The van der Waals surface area contributed by atoms with Crippen molar-refractivity contribution >= 4 is 17.0 Å². The Balaban J connectivity index is 1.79. The molecule has 1 atom stereocenters. The Morgan fingerprint density at radius 3 is 3.10 bits per heavy atom. The quantitative estimate of drug-likeness (QED) is 0.932. The fraction of sp³-hybridized carbons (Fsp3) is 0.471. The van der Waals surface area contributed by atoms with Crippen molar-refractivity contribution in [2.24, 2.45) is 0 Å². The molecule has 1 aliphatic rings. The van der Waals surface area contributed by atoms with Crippen molar-refractivity contribution in [2.75, 3.05) is 11.4 Å². The maximum absolute atomic E-state index is 4.48. The smallest absolute Gasteiger partial charge is 0.0562 e. The third kappa shape index (κ3) is 3.11. The standard InChI is InChI=1S/C17H23N3S/c1-12(2)19-11-14-10-15(4-7-18-14)20-8-5-17-16(13(20)3)6-9-21-17/h4,6-7,9-10,12-13,19H,5,8,11H2,1-3H3. The van der Waals surface area contributed by atoms with E-state index < -0.39 is 0 Å². The van der Waals surface area contributed by atoms with Crippen molar-refractivity contribution in [3.05, 3.63) is 45.9 Å². The first kappa shape index (κ1) is 14.5. The summed E-state index contributed by atoms with van der Waals surface area (Å²) in [5, 5.41) is 5.65. The largest absolute Gasteiger partial charge is 0.364 e. The third-order valence-corrected chi connectivity index (χ3v) is 5.10. The molecule has 2 aromatic heterocycles. The SMILES string of the molecule is CC(C)NCc1cc(N2CCc3sccc3C2C)ccn1. The molecule has 4 heteroatoms. The lowest BCUT2D eigenvalue weighted by Gasteiger charge is -2.35. The predicted molar refractivity (Wildman–Crippen MR) is 90.0 cm³/mol. The molecule has 0 aliphatic carbocycles. The van der Waals surface area contributed by atoms with Gasteiger partial charge in [-0.15, -0.1) is 11.3 Å². The topological polar surface area (TPSA) is 28.2 Å². The highest BCUT2D eigenvalue weighted by atomic mass is 32.1. The molecule has 0 aromatic carbocycles. The van der Waals surface area contributed by atoms with Gasteiger partial charge in [-0.1, -0.05) is 13.8 Å². The van der Waals surface area contributed by atoms with Gasteiger partial charge in [0.05, 0.1) is 11.7 Å². The number of nitrogens with zero attached hydrogens (tertiary/aromatic N) is 2. The van der Waals surface area contributed by atoms with Gasteiger partial charge in [-0.05, 0) is 42.5 Å². The van der Waals surface area contributed by atoms with E-state index in [1.807, 2.05) is 17.5 Å². The Morgan fingerprint density at radius 2 is 2.29 bits per heavy atom. The number of rotatable bonds is 4. The van der Waals surface area contributed by atoms with E-state index in [0.717, 1.165) is 25.2 Å². The fourth-order valence-electron chi connectivity index (χ4n) is 2.91.